The minimum atomic E-state index is -0.0478. The number of nitrogens with one attached hydrogen (secondary N) is 8. The molecule has 0 spiro atoms. The topological polar surface area (TPSA) is 96.2 Å². The number of hydrogen-bond acceptors (Lipinski definition) is 8. The van der Waals surface area contributed by atoms with E-state index >= 15 is 0 Å². The van der Waals surface area contributed by atoms with E-state index in [1.54, 1.807) is 0 Å². The van der Waals surface area contributed by atoms with Crippen LogP contribution < -0.4 is 42.5 Å². The smallest absolute Gasteiger partial charge is 0.0849 e. The van der Waals surface area contributed by atoms with Crippen molar-refractivity contribution in [3.8, 4) is 0 Å². The van der Waals surface area contributed by atoms with Crippen molar-refractivity contribution in [2.45, 2.75) is 124 Å². The zero-order valence-electron chi connectivity index (χ0n) is 53.1. The third kappa shape index (κ3) is 11.9. The summed E-state index contributed by atoms with van der Waals surface area (Å²) < 4.78 is 0. The lowest BCUT2D eigenvalue weighted by molar-refractivity contribution is 0.542. The van der Waals surface area contributed by atoms with Gasteiger partial charge in [-0.1, -0.05) is 279 Å². The molecule has 8 aliphatic carbocycles. The van der Waals surface area contributed by atoms with Crippen LogP contribution in [0.5, 0.6) is 0 Å². The van der Waals surface area contributed by atoms with Crippen LogP contribution in [0.3, 0.4) is 0 Å². The minimum Gasteiger partial charge on any atom is -0.289 e. The van der Waals surface area contributed by atoms with Crippen LogP contribution in [0.1, 0.15) is 184 Å². The van der Waals surface area contributed by atoms with Gasteiger partial charge in [-0.05, 0) is 163 Å². The van der Waals surface area contributed by atoms with Crippen molar-refractivity contribution in [2.24, 2.45) is 0 Å². The normalized spacial score (nSPS) is 25.6. The van der Waals surface area contributed by atoms with E-state index in [1.165, 1.54) is 111 Å². The number of rotatable bonds is 12. The lowest BCUT2D eigenvalue weighted by Crippen LogP contribution is -2.25. The molecule has 0 saturated carbocycles. The van der Waals surface area contributed by atoms with Gasteiger partial charge in [0.05, 0.1) is 73.0 Å². The quantitative estimate of drug-likeness (QED) is 0.0613. The molecular formula is C86H82N8. The molecule has 8 N–H and O–H groups in total. The maximum Gasteiger partial charge on any atom is 0.0849 e. The Hall–Kier alpha value is -8.90. The van der Waals surface area contributed by atoms with Crippen molar-refractivity contribution in [3.63, 3.8) is 0 Å². The molecule has 10 atom stereocenters. The third-order valence-electron chi connectivity index (χ3n) is 21.5. The first kappa shape index (κ1) is 58.9. The molecule has 466 valence electrons. The first-order valence-electron chi connectivity index (χ1n) is 34.5. The highest BCUT2D eigenvalue weighted by Crippen LogP contribution is 2.45. The van der Waals surface area contributed by atoms with Gasteiger partial charge < -0.3 is 0 Å². The van der Waals surface area contributed by atoms with Crippen molar-refractivity contribution in [1.29, 1.82) is 0 Å². The summed E-state index contributed by atoms with van der Waals surface area (Å²) in [7, 11) is 0. The van der Waals surface area contributed by atoms with Crippen LogP contribution in [-0.4, -0.2) is 0 Å². The third-order valence-corrected chi connectivity index (χ3v) is 21.5. The Bertz CT molecular complexity index is 4040. The van der Waals surface area contributed by atoms with Crippen molar-refractivity contribution in [3.05, 3.63) is 390 Å². The van der Waals surface area contributed by atoms with Gasteiger partial charge in [0, 0.05) is 0 Å². The monoisotopic (exact) mass is 1230 g/mol. The van der Waals surface area contributed by atoms with Gasteiger partial charge >= 0.3 is 0 Å². The maximum atomic E-state index is 4.25. The summed E-state index contributed by atoms with van der Waals surface area (Å²) >= 11 is 0. The van der Waals surface area contributed by atoms with Crippen molar-refractivity contribution in [2.75, 3.05) is 0 Å². The summed E-state index contributed by atoms with van der Waals surface area (Å²) in [5.41, 5.74) is 26.8. The van der Waals surface area contributed by atoms with Gasteiger partial charge in [0.1, 0.15) is 0 Å². The second kappa shape index (κ2) is 26.1. The Labute approximate surface area is 554 Å². The van der Waals surface area contributed by atoms with Gasteiger partial charge in [0.2, 0.25) is 0 Å². The van der Waals surface area contributed by atoms with Crippen molar-refractivity contribution in [1.82, 2.24) is 42.5 Å². The van der Waals surface area contributed by atoms with E-state index in [0.29, 0.717) is 0 Å². The largest absolute Gasteiger partial charge is 0.289 e. The van der Waals surface area contributed by atoms with E-state index in [1.807, 2.05) is 0 Å². The average molecular weight is 1230 g/mol. The molecule has 8 heteroatoms. The SMILES string of the molecule is c1ccc(C2NC(c3cc4ccc3CCc3ccc(cc3C3NC(c5ccccc5)C(c5ccc(C6NC(c7cc8ccc7CCc7ccc(cc7C7NC(c9ccccc9)C(c9ccccc9)N7)CC8)NC6c6ccccc6)cc5)N3)CC4)NC2c2ccccc2)cc1. The fraction of sp³-hybridized carbons (Fsp3) is 0.233. The first-order chi connectivity index (χ1) is 46.5. The lowest BCUT2D eigenvalue weighted by atomic mass is 9.89. The van der Waals surface area contributed by atoms with Crippen LogP contribution in [0.4, 0.5) is 0 Å². The molecule has 8 bridgehead atoms. The van der Waals surface area contributed by atoms with Gasteiger partial charge in [-0.25, -0.2) is 0 Å². The van der Waals surface area contributed by atoms with Crippen LogP contribution in [0.15, 0.2) is 279 Å². The standard InChI is InChI=1S/C86H82N8/c1-7-19-63(20-8-1)75-76(64-21-9-2-10-22-64)88-83(87-75)71-51-55-31-33-57-37-41-61(45-43-59(71)39-35-55)73(53-57)85-91-79(67-27-15-5-16-28-67)81(93-85)69-47-49-70(50-48-69)82-80(68-29-17-6-18-30-68)92-86(94-82)74-54-58-34-32-56-36-40-60(44-46-62(74)42-38-58)72(52-56)84-89-77(65-23-11-3-12-24-65)78(90-84)66-25-13-4-14-26-66/h1-30,35-42,47-54,75-94H,31-34,43-46H2. The summed E-state index contributed by atoms with van der Waals surface area (Å²) in [6.45, 7) is 0. The molecule has 11 aromatic rings. The molecule has 0 radical (unpaired) electrons. The van der Waals surface area contributed by atoms with Gasteiger partial charge in [-0.2, -0.15) is 0 Å². The van der Waals surface area contributed by atoms with E-state index in [2.05, 4.69) is 322 Å². The van der Waals surface area contributed by atoms with Crippen molar-refractivity contribution < 1.29 is 0 Å². The molecule has 4 heterocycles. The fourth-order valence-corrected chi connectivity index (χ4v) is 16.6. The van der Waals surface area contributed by atoms with Crippen LogP contribution in [0.25, 0.3) is 0 Å². The minimum absolute atomic E-state index is 0.0106. The highest BCUT2D eigenvalue weighted by Gasteiger charge is 2.42. The second-order valence-electron chi connectivity index (χ2n) is 27.2. The molecule has 0 aromatic heterocycles. The summed E-state index contributed by atoms with van der Waals surface area (Å²) in [4.78, 5) is 0. The molecule has 8 nitrogen and oxygen atoms in total. The van der Waals surface area contributed by atoms with Gasteiger partial charge in [0.15, 0.2) is 0 Å². The first-order valence-corrected chi connectivity index (χ1v) is 34.5. The molecule has 11 aromatic carbocycles. The molecular weight excluding hydrogens is 1150 g/mol. The second-order valence-corrected chi connectivity index (χ2v) is 27.2. The van der Waals surface area contributed by atoms with Crippen LogP contribution in [0, 0.1) is 0 Å². The molecule has 4 saturated heterocycles. The van der Waals surface area contributed by atoms with Crippen LogP contribution in [0.2, 0.25) is 0 Å². The predicted molar refractivity (Wildman–Crippen MR) is 378 cm³/mol. The highest BCUT2D eigenvalue weighted by molar-refractivity contribution is 5.47. The molecule has 4 fully saturated rings. The summed E-state index contributed by atoms with van der Waals surface area (Å²) in [5, 5.41) is 33.3. The van der Waals surface area contributed by atoms with E-state index in [0.717, 1.165) is 51.4 Å². The molecule has 12 aliphatic rings. The summed E-state index contributed by atoms with van der Waals surface area (Å²) in [6.07, 6.45) is 7.55. The molecule has 0 amide bonds. The molecule has 4 aliphatic heterocycles. The number of hydrogen-bond donors (Lipinski definition) is 8. The Kier molecular flexibility index (Phi) is 16.4. The zero-order valence-corrected chi connectivity index (χ0v) is 53.1. The van der Waals surface area contributed by atoms with Crippen LogP contribution in [-0.2, 0) is 51.4 Å². The van der Waals surface area contributed by atoms with Crippen LogP contribution >= 0.6 is 0 Å². The number of benzene rings is 11. The Morgan fingerprint density at radius 3 is 0.521 bits per heavy atom. The summed E-state index contributed by atoms with van der Waals surface area (Å²) in [6, 6.07) is 106. The van der Waals surface area contributed by atoms with E-state index in [9.17, 15) is 0 Å². The van der Waals surface area contributed by atoms with Gasteiger partial charge in [-0.15, -0.1) is 0 Å². The Morgan fingerprint density at radius 2 is 0.340 bits per heavy atom. The Morgan fingerprint density at radius 1 is 0.170 bits per heavy atom. The fourth-order valence-electron chi connectivity index (χ4n) is 16.6. The van der Waals surface area contributed by atoms with Gasteiger partial charge in [-0.3, -0.25) is 42.5 Å². The predicted octanol–water partition coefficient (Wildman–Crippen LogP) is 16.2. The van der Waals surface area contributed by atoms with E-state index in [-0.39, 0.29) is 73.0 Å². The highest BCUT2D eigenvalue weighted by atomic mass is 15.3. The zero-order chi connectivity index (χ0) is 62.3. The van der Waals surface area contributed by atoms with Crippen molar-refractivity contribution >= 4 is 0 Å². The number of aryl methyl sites for hydroxylation is 8. The summed E-state index contributed by atoms with van der Waals surface area (Å²) in [5.74, 6) is 0. The molecule has 94 heavy (non-hydrogen) atoms. The molecule has 23 rings (SSSR count). The Balaban J connectivity index is 0.635. The maximum absolute atomic E-state index is 4.25. The van der Waals surface area contributed by atoms with Gasteiger partial charge in [0.25, 0.3) is 0 Å². The van der Waals surface area contributed by atoms with E-state index in [4.69, 9.17) is 0 Å². The average Bonchev–Trinajstić information content (AvgIpc) is 1.64. The lowest BCUT2D eigenvalue weighted by Gasteiger charge is -2.23. The molecule has 10 unspecified atom stereocenters. The van der Waals surface area contributed by atoms with E-state index < -0.39 is 0 Å².